The number of nitrogens with zero attached hydrogens (tertiary/aromatic N) is 3. The van der Waals surface area contributed by atoms with Crippen LogP contribution in [0.3, 0.4) is 0 Å². The van der Waals surface area contributed by atoms with Gasteiger partial charge in [0.1, 0.15) is 11.6 Å². The quantitative estimate of drug-likeness (QED) is 0.590. The van der Waals surface area contributed by atoms with Crippen LogP contribution < -0.4 is 10.2 Å². The highest BCUT2D eigenvalue weighted by atomic mass is 16.5. The number of hydrogen-bond donors (Lipinski definition) is 1. The van der Waals surface area contributed by atoms with Crippen LogP contribution in [-0.2, 0) is 4.74 Å². The first-order valence-electron chi connectivity index (χ1n) is 9.22. The molecule has 0 bridgehead atoms. The molecule has 0 aliphatic rings. The van der Waals surface area contributed by atoms with Crippen molar-refractivity contribution in [2.45, 2.75) is 13.8 Å². The zero-order chi connectivity index (χ0) is 19.1. The summed E-state index contributed by atoms with van der Waals surface area (Å²) in [6.07, 6.45) is 0. The fourth-order valence-corrected chi connectivity index (χ4v) is 2.93. The normalized spacial score (nSPS) is 10.6. The van der Waals surface area contributed by atoms with Crippen LogP contribution in [0.25, 0.3) is 11.4 Å². The molecule has 3 aromatic rings. The zero-order valence-corrected chi connectivity index (χ0v) is 16.1. The number of benzene rings is 2. The van der Waals surface area contributed by atoms with Gasteiger partial charge in [0.05, 0.1) is 6.61 Å². The van der Waals surface area contributed by atoms with E-state index in [0.29, 0.717) is 19.0 Å². The van der Waals surface area contributed by atoms with Gasteiger partial charge in [0, 0.05) is 37.5 Å². The predicted octanol–water partition coefficient (Wildman–Crippen LogP) is 4.67. The monoisotopic (exact) mass is 362 g/mol. The Morgan fingerprint density at radius 3 is 2.52 bits per heavy atom. The average Bonchev–Trinajstić information content (AvgIpc) is 2.69. The Morgan fingerprint density at radius 1 is 1.00 bits per heavy atom. The molecule has 1 aromatic heterocycles. The van der Waals surface area contributed by atoms with Gasteiger partial charge < -0.3 is 15.0 Å². The van der Waals surface area contributed by atoms with Crippen molar-refractivity contribution in [1.29, 1.82) is 0 Å². The second-order valence-electron chi connectivity index (χ2n) is 6.30. The number of aromatic nitrogens is 2. The summed E-state index contributed by atoms with van der Waals surface area (Å²) >= 11 is 0. The van der Waals surface area contributed by atoms with Crippen molar-refractivity contribution in [3.05, 3.63) is 66.2 Å². The molecule has 0 saturated carbocycles. The second kappa shape index (κ2) is 9.14. The molecule has 0 spiro atoms. The predicted molar refractivity (Wildman–Crippen MR) is 112 cm³/mol. The van der Waals surface area contributed by atoms with E-state index in [0.717, 1.165) is 29.4 Å². The Labute approximate surface area is 161 Å². The standard InChI is InChI=1S/C22H26N4O/c1-4-26(19-12-8-9-17(2)15-19)21-16-20(23-13-14-27-3)24-22(25-21)18-10-6-5-7-11-18/h5-12,15-16H,4,13-14H2,1-3H3,(H,23,24,25). The molecule has 5 heteroatoms. The third-order valence-electron chi connectivity index (χ3n) is 4.26. The van der Waals surface area contributed by atoms with E-state index in [2.05, 4.69) is 48.3 Å². The molecule has 0 amide bonds. The fraction of sp³-hybridized carbons (Fsp3) is 0.273. The van der Waals surface area contributed by atoms with Crippen molar-refractivity contribution in [2.24, 2.45) is 0 Å². The van der Waals surface area contributed by atoms with Crippen molar-refractivity contribution >= 4 is 17.3 Å². The number of ether oxygens (including phenoxy) is 1. The summed E-state index contributed by atoms with van der Waals surface area (Å²) in [4.78, 5) is 11.7. The van der Waals surface area contributed by atoms with Crippen LogP contribution in [0.1, 0.15) is 12.5 Å². The number of hydrogen-bond acceptors (Lipinski definition) is 5. The largest absolute Gasteiger partial charge is 0.383 e. The van der Waals surface area contributed by atoms with Gasteiger partial charge in [-0.2, -0.15) is 0 Å². The maximum atomic E-state index is 5.14. The molecule has 27 heavy (non-hydrogen) atoms. The highest BCUT2D eigenvalue weighted by Crippen LogP contribution is 2.28. The van der Waals surface area contributed by atoms with Crippen LogP contribution in [0, 0.1) is 6.92 Å². The van der Waals surface area contributed by atoms with Crippen molar-refractivity contribution < 1.29 is 4.74 Å². The van der Waals surface area contributed by atoms with E-state index in [-0.39, 0.29) is 0 Å². The Balaban J connectivity index is 2.02. The van der Waals surface area contributed by atoms with Crippen molar-refractivity contribution in [2.75, 3.05) is 37.0 Å². The van der Waals surface area contributed by atoms with E-state index in [1.165, 1.54) is 5.56 Å². The summed E-state index contributed by atoms with van der Waals surface area (Å²) in [5.41, 5.74) is 3.34. The maximum absolute atomic E-state index is 5.14. The molecule has 0 unspecified atom stereocenters. The molecule has 0 atom stereocenters. The van der Waals surface area contributed by atoms with Crippen LogP contribution in [-0.4, -0.2) is 36.8 Å². The van der Waals surface area contributed by atoms with Gasteiger partial charge in [-0.05, 0) is 31.5 Å². The van der Waals surface area contributed by atoms with Crippen LogP contribution in [0.2, 0.25) is 0 Å². The molecule has 1 N–H and O–H groups in total. The first-order chi connectivity index (χ1) is 13.2. The minimum atomic E-state index is 0.620. The lowest BCUT2D eigenvalue weighted by molar-refractivity contribution is 0.210. The molecule has 0 fully saturated rings. The Morgan fingerprint density at radius 2 is 1.81 bits per heavy atom. The summed E-state index contributed by atoms with van der Waals surface area (Å²) in [5, 5.41) is 3.34. The number of nitrogens with one attached hydrogen (secondary N) is 1. The smallest absolute Gasteiger partial charge is 0.163 e. The van der Waals surface area contributed by atoms with Gasteiger partial charge in [0.2, 0.25) is 0 Å². The van der Waals surface area contributed by atoms with Gasteiger partial charge in [-0.1, -0.05) is 42.5 Å². The van der Waals surface area contributed by atoms with Gasteiger partial charge in [-0.15, -0.1) is 0 Å². The molecular formula is C22H26N4O. The topological polar surface area (TPSA) is 50.3 Å². The molecular weight excluding hydrogens is 336 g/mol. The number of rotatable bonds is 8. The number of aryl methyl sites for hydroxylation is 1. The van der Waals surface area contributed by atoms with Crippen molar-refractivity contribution in [1.82, 2.24) is 9.97 Å². The maximum Gasteiger partial charge on any atom is 0.163 e. The second-order valence-corrected chi connectivity index (χ2v) is 6.30. The SMILES string of the molecule is CCN(c1cccc(C)c1)c1cc(NCCOC)nc(-c2ccccc2)n1. The van der Waals surface area contributed by atoms with Gasteiger partial charge in [0.25, 0.3) is 0 Å². The summed E-state index contributed by atoms with van der Waals surface area (Å²) < 4.78 is 5.14. The minimum absolute atomic E-state index is 0.620. The van der Waals surface area contributed by atoms with Gasteiger partial charge in [0.15, 0.2) is 5.82 Å². The minimum Gasteiger partial charge on any atom is -0.383 e. The van der Waals surface area contributed by atoms with Gasteiger partial charge in [-0.25, -0.2) is 9.97 Å². The molecule has 2 aromatic carbocycles. The van der Waals surface area contributed by atoms with E-state index in [9.17, 15) is 0 Å². The van der Waals surface area contributed by atoms with Crippen LogP contribution in [0.5, 0.6) is 0 Å². The Kier molecular flexibility index (Phi) is 6.39. The fourth-order valence-electron chi connectivity index (χ4n) is 2.93. The van der Waals surface area contributed by atoms with Gasteiger partial charge in [-0.3, -0.25) is 0 Å². The zero-order valence-electron chi connectivity index (χ0n) is 16.1. The highest BCUT2D eigenvalue weighted by Gasteiger charge is 2.13. The summed E-state index contributed by atoms with van der Waals surface area (Å²) in [6, 6.07) is 20.5. The van der Waals surface area contributed by atoms with Crippen LogP contribution in [0.4, 0.5) is 17.3 Å². The first kappa shape index (κ1) is 18.9. The lowest BCUT2D eigenvalue weighted by Crippen LogP contribution is -2.19. The van der Waals surface area contributed by atoms with Crippen LogP contribution >= 0.6 is 0 Å². The lowest BCUT2D eigenvalue weighted by atomic mass is 10.2. The summed E-state index contributed by atoms with van der Waals surface area (Å²) in [7, 11) is 1.69. The van der Waals surface area contributed by atoms with E-state index in [1.54, 1.807) is 7.11 Å². The molecule has 3 rings (SSSR count). The molecule has 1 heterocycles. The molecule has 0 saturated heterocycles. The molecule has 0 radical (unpaired) electrons. The third kappa shape index (κ3) is 4.83. The van der Waals surface area contributed by atoms with E-state index in [4.69, 9.17) is 14.7 Å². The van der Waals surface area contributed by atoms with Gasteiger partial charge >= 0.3 is 0 Å². The van der Waals surface area contributed by atoms with Crippen LogP contribution in [0.15, 0.2) is 60.7 Å². The van der Waals surface area contributed by atoms with E-state index < -0.39 is 0 Å². The molecule has 0 aliphatic carbocycles. The first-order valence-corrected chi connectivity index (χ1v) is 9.22. The van der Waals surface area contributed by atoms with Crippen molar-refractivity contribution in [3.8, 4) is 11.4 Å². The Bertz CT molecular complexity index is 867. The Hall–Kier alpha value is -2.92. The van der Waals surface area contributed by atoms with E-state index >= 15 is 0 Å². The highest BCUT2D eigenvalue weighted by molar-refractivity contribution is 5.67. The third-order valence-corrected chi connectivity index (χ3v) is 4.26. The molecule has 0 aliphatic heterocycles. The van der Waals surface area contributed by atoms with E-state index in [1.807, 2.05) is 36.4 Å². The van der Waals surface area contributed by atoms with Crippen molar-refractivity contribution in [3.63, 3.8) is 0 Å². The number of anilines is 3. The lowest BCUT2D eigenvalue weighted by Gasteiger charge is -2.23. The molecule has 5 nitrogen and oxygen atoms in total. The number of methoxy groups -OCH3 is 1. The average molecular weight is 362 g/mol. The summed E-state index contributed by atoms with van der Waals surface area (Å²) in [6.45, 7) is 6.36. The molecule has 140 valence electrons. The summed E-state index contributed by atoms with van der Waals surface area (Å²) in [5.74, 6) is 2.37.